The van der Waals surface area contributed by atoms with Crippen LogP contribution in [0.4, 0.5) is 0 Å². The van der Waals surface area contributed by atoms with Crippen molar-refractivity contribution in [2.75, 3.05) is 0 Å². The van der Waals surface area contributed by atoms with Gasteiger partial charge in [-0.15, -0.1) is 0 Å². The Hall–Kier alpha value is -4.06. The smallest absolute Gasteiger partial charge is 0.268 e. The summed E-state index contributed by atoms with van der Waals surface area (Å²) in [5.41, 5.74) is 0.840. The number of benzene rings is 2. The molecule has 0 saturated heterocycles. The maximum Gasteiger partial charge on any atom is 0.340 e. The van der Waals surface area contributed by atoms with Crippen molar-refractivity contribution in [2.24, 2.45) is 0 Å². The van der Waals surface area contributed by atoms with Crippen LogP contribution in [-0.4, -0.2) is 19.1 Å². The molecule has 0 N–H and O–H groups in total. The lowest BCUT2D eigenvalue weighted by atomic mass is 10.1. The fourth-order valence-electron chi connectivity index (χ4n) is 3.43. The minimum absolute atomic E-state index is 0.368. The number of rotatable bonds is 2. The Balaban J connectivity index is 1.93. The van der Waals surface area contributed by atoms with Gasteiger partial charge in [-0.1, -0.05) is 18.2 Å². The summed E-state index contributed by atoms with van der Waals surface area (Å²) in [5.74, 6) is 0. The molecule has 0 atom stereocenters. The topological polar surface area (TPSA) is 69.8 Å². The Labute approximate surface area is 159 Å². The van der Waals surface area contributed by atoms with Gasteiger partial charge in [0.05, 0.1) is 28.5 Å². The highest BCUT2D eigenvalue weighted by Gasteiger charge is 2.15. The van der Waals surface area contributed by atoms with Crippen LogP contribution in [-0.2, 0) is 0 Å². The molecule has 3 aromatic heterocycles. The third kappa shape index (κ3) is 2.43. The van der Waals surface area contributed by atoms with E-state index in [0.717, 1.165) is 15.3 Å². The van der Waals surface area contributed by atoms with E-state index in [4.69, 9.17) is 0 Å². The predicted molar refractivity (Wildman–Crippen MR) is 108 cm³/mol. The van der Waals surface area contributed by atoms with Crippen LogP contribution in [0.15, 0.2) is 95.0 Å². The summed E-state index contributed by atoms with van der Waals surface area (Å²) < 4.78 is 2.71. The Bertz CT molecular complexity index is 1450. The molecule has 0 bridgehead atoms. The minimum atomic E-state index is -0.444. The first kappa shape index (κ1) is 16.1. The molecule has 0 aliphatic rings. The Morgan fingerprint density at radius 1 is 0.679 bits per heavy atom. The number of para-hydroxylation sites is 1. The quantitative estimate of drug-likeness (QED) is 0.481. The normalized spacial score (nSPS) is 11.1. The summed E-state index contributed by atoms with van der Waals surface area (Å²) >= 11 is 0. The van der Waals surface area contributed by atoms with Gasteiger partial charge in [0.1, 0.15) is 0 Å². The Kier molecular flexibility index (Phi) is 3.62. The molecule has 28 heavy (non-hydrogen) atoms. The fourth-order valence-corrected chi connectivity index (χ4v) is 3.43. The summed E-state index contributed by atoms with van der Waals surface area (Å²) in [6.07, 6.45) is 6.59. The van der Waals surface area contributed by atoms with Gasteiger partial charge < -0.3 is 0 Å². The number of aromatic nitrogens is 4. The van der Waals surface area contributed by atoms with Gasteiger partial charge in [0.15, 0.2) is 0 Å². The molecule has 0 amide bonds. The lowest BCUT2D eigenvalue weighted by Crippen LogP contribution is -2.38. The lowest BCUT2D eigenvalue weighted by molar-refractivity contribution is 0.831. The van der Waals surface area contributed by atoms with Gasteiger partial charge >= 0.3 is 5.69 Å². The minimum Gasteiger partial charge on any atom is -0.268 e. The third-order valence-electron chi connectivity index (χ3n) is 4.75. The Morgan fingerprint density at radius 2 is 1.54 bits per heavy atom. The largest absolute Gasteiger partial charge is 0.340 e. The van der Waals surface area contributed by atoms with E-state index in [-0.39, 0.29) is 5.56 Å². The van der Waals surface area contributed by atoms with Crippen molar-refractivity contribution in [2.45, 2.75) is 0 Å². The van der Waals surface area contributed by atoms with Gasteiger partial charge in [-0.05, 0) is 47.9 Å². The van der Waals surface area contributed by atoms with Gasteiger partial charge in [0.2, 0.25) is 0 Å². The van der Waals surface area contributed by atoms with E-state index < -0.39 is 5.69 Å². The zero-order valence-electron chi connectivity index (χ0n) is 14.7. The molecule has 6 nitrogen and oxygen atoms in total. The van der Waals surface area contributed by atoms with Crippen LogP contribution in [0, 0.1) is 0 Å². The molecule has 0 fully saturated rings. The SMILES string of the molecule is O=c1c2ccccc2n(-c2ccc3ccncc3c2)c(=O)n1-c1cccnc1. The molecule has 2 aromatic carbocycles. The van der Waals surface area contributed by atoms with E-state index in [1.54, 1.807) is 53.5 Å². The third-order valence-corrected chi connectivity index (χ3v) is 4.75. The van der Waals surface area contributed by atoms with Crippen molar-refractivity contribution in [3.63, 3.8) is 0 Å². The summed E-state index contributed by atoms with van der Waals surface area (Å²) in [6, 6.07) is 18.1. The zero-order valence-corrected chi connectivity index (χ0v) is 14.7. The summed E-state index contributed by atoms with van der Waals surface area (Å²) in [6.45, 7) is 0. The molecule has 0 aliphatic carbocycles. The van der Waals surface area contributed by atoms with Crippen LogP contribution in [0.5, 0.6) is 0 Å². The zero-order chi connectivity index (χ0) is 19.1. The Morgan fingerprint density at radius 3 is 2.39 bits per heavy atom. The van der Waals surface area contributed by atoms with Crippen LogP contribution in [0.3, 0.4) is 0 Å². The first-order valence-corrected chi connectivity index (χ1v) is 8.75. The number of nitrogens with zero attached hydrogens (tertiary/aromatic N) is 4. The van der Waals surface area contributed by atoms with Crippen molar-refractivity contribution in [1.82, 2.24) is 19.1 Å². The molecule has 0 unspecified atom stereocenters. The average Bonchev–Trinajstić information content (AvgIpc) is 2.75. The van der Waals surface area contributed by atoms with Gasteiger partial charge in [0, 0.05) is 24.0 Å². The highest BCUT2D eigenvalue weighted by Crippen LogP contribution is 2.20. The van der Waals surface area contributed by atoms with E-state index >= 15 is 0 Å². The highest BCUT2D eigenvalue weighted by molar-refractivity contribution is 5.85. The second-order valence-corrected chi connectivity index (χ2v) is 6.39. The second kappa shape index (κ2) is 6.28. The monoisotopic (exact) mass is 366 g/mol. The first-order valence-electron chi connectivity index (χ1n) is 8.75. The molecular formula is C22H14N4O2. The fraction of sp³-hybridized carbons (Fsp3) is 0. The average molecular weight is 366 g/mol. The summed E-state index contributed by atoms with van der Waals surface area (Å²) in [7, 11) is 0. The summed E-state index contributed by atoms with van der Waals surface area (Å²) in [4.78, 5) is 34.7. The van der Waals surface area contributed by atoms with Crippen molar-refractivity contribution in [3.05, 3.63) is 106 Å². The molecule has 5 rings (SSSR count). The molecule has 134 valence electrons. The highest BCUT2D eigenvalue weighted by atomic mass is 16.2. The predicted octanol–water partition coefficient (Wildman–Crippen LogP) is 3.08. The molecule has 0 spiro atoms. The number of hydrogen-bond acceptors (Lipinski definition) is 4. The molecule has 0 radical (unpaired) electrons. The van der Waals surface area contributed by atoms with Crippen LogP contribution >= 0.6 is 0 Å². The number of pyridine rings is 2. The van der Waals surface area contributed by atoms with E-state index in [2.05, 4.69) is 9.97 Å². The van der Waals surface area contributed by atoms with E-state index in [1.807, 2.05) is 30.3 Å². The number of hydrogen-bond donors (Lipinski definition) is 0. The van der Waals surface area contributed by atoms with Crippen molar-refractivity contribution in [3.8, 4) is 11.4 Å². The molecular weight excluding hydrogens is 352 g/mol. The van der Waals surface area contributed by atoms with Gasteiger partial charge in [-0.3, -0.25) is 19.3 Å². The molecule has 5 aromatic rings. The van der Waals surface area contributed by atoms with E-state index in [1.165, 1.54) is 6.20 Å². The van der Waals surface area contributed by atoms with E-state index in [0.29, 0.717) is 22.3 Å². The molecule has 6 heteroatoms. The van der Waals surface area contributed by atoms with Crippen LogP contribution in [0.2, 0.25) is 0 Å². The molecule has 0 saturated carbocycles. The standard InChI is InChI=1S/C22H14N4O2/c27-21-19-5-1-2-6-20(19)25(22(28)26(21)18-4-3-10-23-14-18)17-8-7-15-9-11-24-13-16(15)12-17/h1-14H. The van der Waals surface area contributed by atoms with Crippen LogP contribution in [0.25, 0.3) is 33.1 Å². The van der Waals surface area contributed by atoms with Gasteiger partial charge in [-0.2, -0.15) is 0 Å². The molecule has 0 aliphatic heterocycles. The maximum atomic E-state index is 13.4. The van der Waals surface area contributed by atoms with Gasteiger partial charge in [0.25, 0.3) is 5.56 Å². The van der Waals surface area contributed by atoms with Crippen molar-refractivity contribution in [1.29, 1.82) is 0 Å². The lowest BCUT2D eigenvalue weighted by Gasteiger charge is -2.14. The number of fused-ring (bicyclic) bond motifs is 2. The van der Waals surface area contributed by atoms with Crippen molar-refractivity contribution >= 4 is 21.7 Å². The maximum absolute atomic E-state index is 13.4. The van der Waals surface area contributed by atoms with Crippen LogP contribution in [0.1, 0.15) is 0 Å². The second-order valence-electron chi connectivity index (χ2n) is 6.39. The molecule has 3 heterocycles. The van der Waals surface area contributed by atoms with Crippen molar-refractivity contribution < 1.29 is 0 Å². The first-order chi connectivity index (χ1) is 13.7. The van der Waals surface area contributed by atoms with E-state index in [9.17, 15) is 9.59 Å². The van der Waals surface area contributed by atoms with Crippen LogP contribution < -0.4 is 11.2 Å². The van der Waals surface area contributed by atoms with Gasteiger partial charge in [-0.25, -0.2) is 9.36 Å². The summed E-state index contributed by atoms with van der Waals surface area (Å²) in [5, 5.41) is 2.39.